The van der Waals surface area contributed by atoms with E-state index < -0.39 is 11.7 Å². The van der Waals surface area contributed by atoms with Crippen LogP contribution in [0.2, 0.25) is 0 Å². The van der Waals surface area contributed by atoms with Gasteiger partial charge in [-0.15, -0.1) is 0 Å². The Labute approximate surface area is 166 Å². The molecule has 1 aromatic carbocycles. The van der Waals surface area contributed by atoms with E-state index >= 15 is 0 Å². The molecule has 0 spiro atoms. The zero-order valence-electron chi connectivity index (χ0n) is 16.3. The van der Waals surface area contributed by atoms with Gasteiger partial charge in [-0.05, 0) is 31.2 Å². The van der Waals surface area contributed by atoms with Crippen LogP contribution < -0.4 is 17.2 Å². The molecule has 0 radical (unpaired) electrons. The van der Waals surface area contributed by atoms with Crippen molar-refractivity contribution in [2.24, 2.45) is 22.2 Å². The highest BCUT2D eigenvalue weighted by Gasteiger charge is 2.45. The van der Waals surface area contributed by atoms with Crippen molar-refractivity contribution in [1.29, 1.82) is 0 Å². The minimum atomic E-state index is -1.33. The van der Waals surface area contributed by atoms with Crippen LogP contribution >= 0.6 is 0 Å². The van der Waals surface area contributed by atoms with Crippen LogP contribution in [-0.2, 0) is 20.7 Å². The molecule has 1 heterocycles. The van der Waals surface area contributed by atoms with Crippen LogP contribution in [0.3, 0.4) is 0 Å². The summed E-state index contributed by atoms with van der Waals surface area (Å²) >= 11 is 0. The molecule has 1 aromatic rings. The fraction of sp³-hybridized carbons (Fsp3) is 0.550. The van der Waals surface area contributed by atoms with E-state index in [0.29, 0.717) is 38.9 Å². The largest absolute Gasteiger partial charge is 0.436 e. The quantitative estimate of drug-likeness (QED) is 0.165. The number of ether oxygens (including phenoxy) is 1. The molecular weight excluding hydrogens is 358 g/mol. The predicted molar refractivity (Wildman–Crippen MR) is 108 cm³/mol. The Morgan fingerprint density at radius 1 is 1.29 bits per heavy atom. The third-order valence-electron chi connectivity index (χ3n) is 4.99. The molecule has 0 amide bonds. The zero-order chi connectivity index (χ0) is 20.4. The molecule has 0 aromatic heterocycles. The smallest absolute Gasteiger partial charge is 0.307 e. The van der Waals surface area contributed by atoms with Gasteiger partial charge in [0.15, 0.2) is 12.2 Å². The van der Waals surface area contributed by atoms with E-state index in [2.05, 4.69) is 4.99 Å². The summed E-state index contributed by atoms with van der Waals surface area (Å²) in [5.74, 6) is -0.373. The van der Waals surface area contributed by atoms with Gasteiger partial charge in [-0.1, -0.05) is 30.3 Å². The molecule has 1 fully saturated rings. The van der Waals surface area contributed by atoms with Crippen molar-refractivity contribution in [3.8, 4) is 0 Å². The summed E-state index contributed by atoms with van der Waals surface area (Å²) in [7, 11) is 0. The Kier molecular flexibility index (Phi) is 8.41. The minimum absolute atomic E-state index is 0.0172. The van der Waals surface area contributed by atoms with Gasteiger partial charge in [-0.25, -0.2) is 0 Å². The van der Waals surface area contributed by atoms with E-state index in [9.17, 15) is 9.59 Å². The number of unbranched alkanes of at least 4 members (excludes halogenated alkanes) is 1. The molecule has 1 aliphatic heterocycles. The highest BCUT2D eigenvalue weighted by molar-refractivity contribution is 5.76. The van der Waals surface area contributed by atoms with E-state index in [1.54, 1.807) is 0 Å². The normalized spacial score (nSPS) is 19.0. The van der Waals surface area contributed by atoms with E-state index in [0.717, 1.165) is 24.7 Å². The second-order valence-electron chi connectivity index (χ2n) is 7.09. The highest BCUT2D eigenvalue weighted by Crippen LogP contribution is 2.30. The number of esters is 1. The fourth-order valence-electron chi connectivity index (χ4n) is 3.63. The van der Waals surface area contributed by atoms with Gasteiger partial charge in [0.2, 0.25) is 5.72 Å². The zero-order valence-corrected chi connectivity index (χ0v) is 16.3. The van der Waals surface area contributed by atoms with Gasteiger partial charge in [0.1, 0.15) is 0 Å². The second-order valence-corrected chi connectivity index (χ2v) is 7.09. The van der Waals surface area contributed by atoms with E-state index in [1.807, 2.05) is 35.2 Å². The minimum Gasteiger partial charge on any atom is -0.436 e. The second kappa shape index (κ2) is 10.8. The molecule has 8 nitrogen and oxygen atoms in total. The van der Waals surface area contributed by atoms with Crippen molar-refractivity contribution in [3.63, 3.8) is 0 Å². The van der Waals surface area contributed by atoms with E-state index in [4.69, 9.17) is 21.9 Å². The summed E-state index contributed by atoms with van der Waals surface area (Å²) < 4.78 is 5.81. The van der Waals surface area contributed by atoms with Crippen LogP contribution in [-0.4, -0.2) is 54.5 Å². The molecule has 2 atom stereocenters. The van der Waals surface area contributed by atoms with Crippen LogP contribution in [0.25, 0.3) is 0 Å². The van der Waals surface area contributed by atoms with Crippen molar-refractivity contribution in [2.75, 3.05) is 19.6 Å². The number of likely N-dealkylation sites (tertiary alicyclic amines) is 1. The van der Waals surface area contributed by atoms with Gasteiger partial charge in [0.25, 0.3) is 0 Å². The first-order valence-electron chi connectivity index (χ1n) is 9.75. The Balaban J connectivity index is 2.10. The van der Waals surface area contributed by atoms with Gasteiger partial charge in [-0.3, -0.25) is 19.5 Å². The molecule has 154 valence electrons. The molecule has 28 heavy (non-hydrogen) atoms. The average Bonchev–Trinajstić information content (AvgIpc) is 3.17. The maximum atomic E-state index is 12.5. The lowest BCUT2D eigenvalue weighted by Gasteiger charge is -2.40. The molecule has 6 N–H and O–H groups in total. The number of nitrogens with two attached hydrogens (primary N) is 3. The van der Waals surface area contributed by atoms with Crippen molar-refractivity contribution in [3.05, 3.63) is 35.9 Å². The first kappa shape index (κ1) is 21.8. The molecule has 0 saturated carbocycles. The standard InChI is InChI=1S/C20H31N5O3/c21-14-17-9-6-12-25(17)20(15-26,13-16-7-2-1-3-8-16)28-18(27)10-4-5-11-24-19(22)23/h1-3,7-8,15,17H,4-6,9-14,21H2,(H4,22,23,24). The van der Waals surface area contributed by atoms with Gasteiger partial charge in [0.05, 0.1) is 0 Å². The Morgan fingerprint density at radius 2 is 2.04 bits per heavy atom. The highest BCUT2D eigenvalue weighted by atomic mass is 16.6. The van der Waals surface area contributed by atoms with Gasteiger partial charge >= 0.3 is 5.97 Å². The van der Waals surface area contributed by atoms with Crippen molar-refractivity contribution in [1.82, 2.24) is 4.90 Å². The summed E-state index contributed by atoms with van der Waals surface area (Å²) in [6.45, 7) is 1.55. The van der Waals surface area contributed by atoms with Crippen LogP contribution in [0.5, 0.6) is 0 Å². The number of rotatable bonds is 11. The summed E-state index contributed by atoms with van der Waals surface area (Å²) in [5.41, 5.74) is 16.1. The predicted octanol–water partition coefficient (Wildman–Crippen LogP) is 0.534. The van der Waals surface area contributed by atoms with Crippen molar-refractivity contribution in [2.45, 2.75) is 50.3 Å². The van der Waals surface area contributed by atoms with Gasteiger partial charge in [0, 0.05) is 38.5 Å². The maximum Gasteiger partial charge on any atom is 0.307 e. The van der Waals surface area contributed by atoms with E-state index in [-0.39, 0.29) is 18.4 Å². The third kappa shape index (κ3) is 6.03. The van der Waals surface area contributed by atoms with Crippen LogP contribution in [0.1, 0.15) is 37.7 Å². The number of nitrogens with zero attached hydrogens (tertiary/aromatic N) is 2. The fourth-order valence-corrected chi connectivity index (χ4v) is 3.63. The summed E-state index contributed by atoms with van der Waals surface area (Å²) in [4.78, 5) is 30.6. The van der Waals surface area contributed by atoms with Crippen LogP contribution in [0.4, 0.5) is 0 Å². The number of guanidine groups is 1. The third-order valence-corrected chi connectivity index (χ3v) is 4.99. The molecule has 8 heteroatoms. The number of carbonyl (C=O) groups excluding carboxylic acids is 2. The number of hydrogen-bond acceptors (Lipinski definition) is 6. The summed E-state index contributed by atoms with van der Waals surface area (Å²) in [5, 5.41) is 0. The number of aldehydes is 1. The summed E-state index contributed by atoms with van der Waals surface area (Å²) in [6, 6.07) is 9.59. The average molecular weight is 390 g/mol. The molecule has 2 unspecified atom stereocenters. The molecule has 1 saturated heterocycles. The van der Waals surface area contributed by atoms with E-state index in [1.165, 1.54) is 0 Å². The molecule has 1 aliphatic rings. The Bertz CT molecular complexity index is 663. The molecule has 0 aliphatic carbocycles. The maximum absolute atomic E-state index is 12.5. The van der Waals surface area contributed by atoms with Crippen molar-refractivity contribution >= 4 is 18.2 Å². The van der Waals surface area contributed by atoms with Gasteiger partial charge in [-0.2, -0.15) is 0 Å². The lowest BCUT2D eigenvalue weighted by Crippen LogP contribution is -2.58. The Morgan fingerprint density at radius 3 is 2.68 bits per heavy atom. The number of hydrogen-bond donors (Lipinski definition) is 3. The van der Waals surface area contributed by atoms with Crippen LogP contribution in [0.15, 0.2) is 35.3 Å². The Hall–Kier alpha value is -2.45. The summed E-state index contributed by atoms with van der Waals surface area (Å²) in [6.07, 6.45) is 4.30. The number of aliphatic imine (C=N–C) groups is 1. The number of carbonyl (C=O) groups is 2. The molecule has 2 rings (SSSR count). The lowest BCUT2D eigenvalue weighted by molar-refractivity contribution is -0.186. The number of benzene rings is 1. The van der Waals surface area contributed by atoms with Crippen LogP contribution in [0, 0.1) is 0 Å². The topological polar surface area (TPSA) is 137 Å². The lowest BCUT2D eigenvalue weighted by atomic mass is 10.0. The first-order valence-corrected chi connectivity index (χ1v) is 9.75. The van der Waals surface area contributed by atoms with Gasteiger partial charge < -0.3 is 21.9 Å². The molecular formula is C20H31N5O3. The SMILES string of the molecule is NCC1CCCN1C(C=O)(Cc1ccccc1)OC(=O)CCCCN=C(N)N. The molecule has 0 bridgehead atoms. The monoisotopic (exact) mass is 389 g/mol. The first-order chi connectivity index (χ1) is 13.5. The van der Waals surface area contributed by atoms with Crippen molar-refractivity contribution < 1.29 is 14.3 Å².